The van der Waals surface area contributed by atoms with E-state index in [4.69, 9.17) is 0 Å². The highest BCUT2D eigenvalue weighted by Gasteiger charge is 2.60. The monoisotopic (exact) mass is 437 g/mol. The molecule has 1 N–H and O–H groups in total. The zero-order chi connectivity index (χ0) is 22.5. The van der Waals surface area contributed by atoms with E-state index in [1.807, 2.05) is 25.8 Å². The van der Waals surface area contributed by atoms with Crippen molar-refractivity contribution >= 4 is 35.3 Å². The first kappa shape index (κ1) is 22.8. The molecule has 0 radical (unpaired) electrons. The standard InChI is InChI=1S/C21H31N3O5S/c1-10(7-11(2)25)15-16-12(3)18(17(21(28)29)24(16)20(15)27)30-13-8-14(23(6)9-13)19(26)22(4)5/h10,12-16H,7-9H2,1-6H3,(H,28,29)/t10-,12+,13-,14-,15+,16+/m0/s1. The molecule has 166 valence electrons. The molecule has 3 aliphatic heterocycles. The summed E-state index contributed by atoms with van der Waals surface area (Å²) in [5.41, 5.74) is 0.0822. The lowest BCUT2D eigenvalue weighted by Crippen LogP contribution is -2.62. The molecule has 9 heteroatoms. The fourth-order valence-electron chi connectivity index (χ4n) is 5.15. The van der Waals surface area contributed by atoms with Crippen LogP contribution in [0.2, 0.25) is 0 Å². The zero-order valence-corrected chi connectivity index (χ0v) is 19.2. The van der Waals surface area contributed by atoms with Gasteiger partial charge in [0.05, 0.1) is 18.0 Å². The number of aliphatic carboxylic acids is 1. The highest BCUT2D eigenvalue weighted by molar-refractivity contribution is 8.03. The maximum atomic E-state index is 12.8. The van der Waals surface area contributed by atoms with Gasteiger partial charge in [0.1, 0.15) is 11.5 Å². The first-order valence-electron chi connectivity index (χ1n) is 10.3. The van der Waals surface area contributed by atoms with Gasteiger partial charge in [0.2, 0.25) is 11.8 Å². The van der Waals surface area contributed by atoms with Crippen LogP contribution in [0.5, 0.6) is 0 Å². The number of carboxylic acids is 1. The normalized spacial score (nSPS) is 32.1. The van der Waals surface area contributed by atoms with Crippen LogP contribution in [0.1, 0.15) is 33.6 Å². The van der Waals surface area contributed by atoms with Gasteiger partial charge in [-0.05, 0) is 26.3 Å². The van der Waals surface area contributed by atoms with Crippen LogP contribution in [0.3, 0.4) is 0 Å². The van der Waals surface area contributed by atoms with Gasteiger partial charge in [-0.2, -0.15) is 0 Å². The minimum Gasteiger partial charge on any atom is -0.477 e. The lowest BCUT2D eigenvalue weighted by molar-refractivity contribution is -0.160. The predicted molar refractivity (Wildman–Crippen MR) is 114 cm³/mol. The molecule has 0 aromatic rings. The van der Waals surface area contributed by atoms with E-state index < -0.39 is 5.97 Å². The van der Waals surface area contributed by atoms with Gasteiger partial charge in [-0.1, -0.05) is 13.8 Å². The summed E-state index contributed by atoms with van der Waals surface area (Å²) in [5.74, 6) is -1.76. The molecule has 8 nitrogen and oxygen atoms in total. The number of carbonyl (C=O) groups excluding carboxylic acids is 3. The Hall–Kier alpha value is -1.87. The number of fused-ring (bicyclic) bond motifs is 1. The number of Topliss-reactive ketones (excluding diaryl/α,β-unsaturated/α-hetero) is 1. The number of ketones is 1. The number of hydrogen-bond donors (Lipinski definition) is 1. The molecule has 0 saturated carbocycles. The molecule has 0 bridgehead atoms. The molecular weight excluding hydrogens is 406 g/mol. The molecule has 2 amide bonds. The summed E-state index contributed by atoms with van der Waals surface area (Å²) >= 11 is 1.50. The second-order valence-corrected chi connectivity index (χ2v) is 10.4. The van der Waals surface area contributed by atoms with E-state index in [2.05, 4.69) is 0 Å². The Morgan fingerprint density at radius 1 is 1.30 bits per heavy atom. The van der Waals surface area contributed by atoms with Crippen molar-refractivity contribution in [2.45, 2.75) is 50.9 Å². The van der Waals surface area contributed by atoms with Crippen LogP contribution < -0.4 is 0 Å². The van der Waals surface area contributed by atoms with Crippen molar-refractivity contribution in [2.75, 3.05) is 27.7 Å². The number of rotatable bonds is 7. The number of β-lactam (4-membered cyclic amide) rings is 1. The molecule has 0 aliphatic carbocycles. The van der Waals surface area contributed by atoms with E-state index in [0.717, 1.165) is 4.91 Å². The average molecular weight is 438 g/mol. The van der Waals surface area contributed by atoms with E-state index in [1.165, 1.54) is 23.6 Å². The number of thioether (sulfide) groups is 1. The van der Waals surface area contributed by atoms with Gasteiger partial charge in [-0.3, -0.25) is 14.5 Å². The number of likely N-dealkylation sites (N-methyl/N-ethyl adjacent to an activating group) is 2. The second kappa shape index (κ2) is 8.34. The van der Waals surface area contributed by atoms with E-state index >= 15 is 0 Å². The molecule has 2 fully saturated rings. The highest BCUT2D eigenvalue weighted by Crippen LogP contribution is 2.53. The van der Waals surface area contributed by atoms with Crippen molar-refractivity contribution in [3.8, 4) is 0 Å². The first-order chi connectivity index (χ1) is 14.0. The summed E-state index contributed by atoms with van der Waals surface area (Å²) in [4.78, 5) is 54.6. The Balaban J connectivity index is 1.80. The fourth-order valence-corrected chi connectivity index (χ4v) is 6.75. The van der Waals surface area contributed by atoms with E-state index in [-0.39, 0.29) is 58.4 Å². The molecule has 2 saturated heterocycles. The number of amides is 2. The summed E-state index contributed by atoms with van der Waals surface area (Å²) < 4.78 is 0. The molecule has 0 spiro atoms. The van der Waals surface area contributed by atoms with Crippen molar-refractivity contribution in [3.05, 3.63) is 10.6 Å². The minimum atomic E-state index is -1.09. The van der Waals surface area contributed by atoms with Crippen LogP contribution in [0.25, 0.3) is 0 Å². The summed E-state index contributed by atoms with van der Waals surface area (Å²) in [6, 6.07) is -0.427. The molecule has 6 atom stereocenters. The third-order valence-corrected chi connectivity index (χ3v) is 8.04. The number of likely N-dealkylation sites (tertiary alicyclic amines) is 1. The fraction of sp³-hybridized carbons (Fsp3) is 0.714. The molecule has 0 aromatic heterocycles. The van der Waals surface area contributed by atoms with Gasteiger partial charge < -0.3 is 19.7 Å². The van der Waals surface area contributed by atoms with Gasteiger partial charge >= 0.3 is 5.97 Å². The van der Waals surface area contributed by atoms with Crippen molar-refractivity contribution in [1.29, 1.82) is 0 Å². The number of nitrogens with zero attached hydrogens (tertiary/aromatic N) is 3. The van der Waals surface area contributed by atoms with Crippen LogP contribution in [0, 0.1) is 17.8 Å². The molecule has 3 aliphatic rings. The second-order valence-electron chi connectivity index (χ2n) is 9.08. The van der Waals surface area contributed by atoms with Gasteiger partial charge in [0.15, 0.2) is 0 Å². The van der Waals surface area contributed by atoms with Crippen LogP contribution in [0.4, 0.5) is 0 Å². The molecule has 3 heterocycles. The largest absolute Gasteiger partial charge is 0.477 e. The molecule has 3 rings (SSSR count). The van der Waals surface area contributed by atoms with Crippen LogP contribution in [-0.2, 0) is 19.2 Å². The quantitative estimate of drug-likeness (QED) is 0.599. The van der Waals surface area contributed by atoms with Crippen LogP contribution in [0.15, 0.2) is 10.6 Å². The lowest BCUT2D eigenvalue weighted by atomic mass is 9.73. The van der Waals surface area contributed by atoms with Crippen LogP contribution >= 0.6 is 11.8 Å². The van der Waals surface area contributed by atoms with Crippen molar-refractivity contribution < 1.29 is 24.3 Å². The highest BCUT2D eigenvalue weighted by atomic mass is 32.2. The number of hydrogen-bond acceptors (Lipinski definition) is 6. The summed E-state index contributed by atoms with van der Waals surface area (Å²) in [5, 5.41) is 9.94. The minimum absolute atomic E-state index is 0.0333. The van der Waals surface area contributed by atoms with Gasteiger partial charge in [-0.25, -0.2) is 4.79 Å². The third kappa shape index (κ3) is 3.77. The maximum Gasteiger partial charge on any atom is 0.353 e. The topological polar surface area (TPSA) is 98.2 Å². The maximum absolute atomic E-state index is 12.8. The molecular formula is C21H31N3O5S. The Morgan fingerprint density at radius 3 is 2.47 bits per heavy atom. The Morgan fingerprint density at radius 2 is 1.93 bits per heavy atom. The summed E-state index contributed by atoms with van der Waals surface area (Å²) in [7, 11) is 5.38. The van der Waals surface area contributed by atoms with Crippen molar-refractivity contribution in [3.63, 3.8) is 0 Å². The molecule has 0 unspecified atom stereocenters. The van der Waals surface area contributed by atoms with E-state index in [0.29, 0.717) is 19.4 Å². The van der Waals surface area contributed by atoms with Gasteiger partial charge in [-0.15, -0.1) is 11.8 Å². The molecule has 0 aromatic carbocycles. The number of carboxylic acid groups (broad SMARTS) is 1. The summed E-state index contributed by atoms with van der Waals surface area (Å²) in [6.07, 6.45) is 0.962. The predicted octanol–water partition coefficient (Wildman–Crippen LogP) is 1.27. The van der Waals surface area contributed by atoms with Crippen molar-refractivity contribution in [1.82, 2.24) is 14.7 Å². The lowest BCUT2D eigenvalue weighted by Gasteiger charge is -2.47. The zero-order valence-electron chi connectivity index (χ0n) is 18.4. The molecule has 30 heavy (non-hydrogen) atoms. The Bertz CT molecular complexity index is 810. The third-order valence-electron chi connectivity index (χ3n) is 6.54. The SMILES string of the molecule is CC(=O)C[C@H](C)[C@H]1C(=O)N2C(C(=O)O)=C(S[C@H]3C[C@@H](C(=O)N(C)C)N(C)C3)[C@H](C)[C@H]12. The number of carbonyl (C=O) groups is 4. The Kier molecular flexibility index (Phi) is 6.34. The van der Waals surface area contributed by atoms with Gasteiger partial charge in [0.25, 0.3) is 0 Å². The van der Waals surface area contributed by atoms with Crippen LogP contribution in [-0.4, -0.2) is 88.4 Å². The van der Waals surface area contributed by atoms with Crippen molar-refractivity contribution in [2.24, 2.45) is 17.8 Å². The first-order valence-corrected chi connectivity index (χ1v) is 11.2. The van der Waals surface area contributed by atoms with E-state index in [1.54, 1.807) is 19.0 Å². The summed E-state index contributed by atoms with van der Waals surface area (Å²) in [6.45, 7) is 6.06. The average Bonchev–Trinajstić information content (AvgIpc) is 3.10. The van der Waals surface area contributed by atoms with E-state index in [9.17, 15) is 24.3 Å². The van der Waals surface area contributed by atoms with Gasteiger partial charge in [0, 0.05) is 43.1 Å². The smallest absolute Gasteiger partial charge is 0.353 e. The Labute approximate surface area is 181 Å².